The molecule has 1 fully saturated rings. The molecule has 1 aliphatic rings. The molecule has 0 unspecified atom stereocenters. The van der Waals surface area contributed by atoms with Gasteiger partial charge >= 0.3 is 0 Å². The molecule has 23 heavy (non-hydrogen) atoms. The Morgan fingerprint density at radius 3 is 1.83 bits per heavy atom. The normalized spacial score (nSPS) is 15.0. The lowest BCUT2D eigenvalue weighted by Crippen LogP contribution is -2.46. The zero-order valence-corrected chi connectivity index (χ0v) is 14.2. The molecule has 0 amide bonds. The van der Waals surface area contributed by atoms with E-state index in [9.17, 15) is 0 Å². The van der Waals surface area contributed by atoms with Gasteiger partial charge < -0.3 is 9.80 Å². The first-order valence-electron chi connectivity index (χ1n) is 9.00. The van der Waals surface area contributed by atoms with Crippen molar-refractivity contribution in [3.8, 4) is 0 Å². The summed E-state index contributed by atoms with van der Waals surface area (Å²) in [4.78, 5) is 4.99. The summed E-state index contributed by atoms with van der Waals surface area (Å²) in [6.07, 6.45) is 5.16. The van der Waals surface area contributed by atoms with Crippen molar-refractivity contribution >= 4 is 11.4 Å². The van der Waals surface area contributed by atoms with Gasteiger partial charge in [-0.2, -0.15) is 0 Å². The molecule has 0 atom stereocenters. The van der Waals surface area contributed by atoms with Crippen molar-refractivity contribution in [3.63, 3.8) is 0 Å². The lowest BCUT2D eigenvalue weighted by atomic mass is 10.1. The number of hydrogen-bond acceptors (Lipinski definition) is 2. The van der Waals surface area contributed by atoms with Gasteiger partial charge in [-0.25, -0.2) is 0 Å². The van der Waals surface area contributed by atoms with Crippen molar-refractivity contribution < 1.29 is 0 Å². The number of aryl methyl sites for hydroxylation is 1. The Kier molecular flexibility index (Phi) is 5.57. The van der Waals surface area contributed by atoms with E-state index in [0.29, 0.717) is 0 Å². The summed E-state index contributed by atoms with van der Waals surface area (Å²) in [7, 11) is 0. The Labute approximate surface area is 140 Å². The van der Waals surface area contributed by atoms with Crippen molar-refractivity contribution in [2.45, 2.75) is 32.6 Å². The summed E-state index contributed by atoms with van der Waals surface area (Å²) in [5.74, 6) is 0. The summed E-state index contributed by atoms with van der Waals surface area (Å²) >= 11 is 0. The van der Waals surface area contributed by atoms with E-state index >= 15 is 0 Å². The fourth-order valence-electron chi connectivity index (χ4n) is 3.31. The van der Waals surface area contributed by atoms with Crippen LogP contribution >= 0.6 is 0 Å². The summed E-state index contributed by atoms with van der Waals surface area (Å²) < 4.78 is 0. The molecule has 122 valence electrons. The molecule has 2 heteroatoms. The molecule has 0 aliphatic carbocycles. The molecular weight excluding hydrogens is 280 g/mol. The molecular formula is C21H28N2. The van der Waals surface area contributed by atoms with Crippen molar-refractivity contribution in [1.29, 1.82) is 0 Å². The van der Waals surface area contributed by atoms with Crippen molar-refractivity contribution in [2.75, 3.05) is 36.0 Å². The Morgan fingerprint density at radius 1 is 0.696 bits per heavy atom. The van der Waals surface area contributed by atoms with E-state index < -0.39 is 0 Å². The average Bonchev–Trinajstić information content (AvgIpc) is 2.63. The number of benzene rings is 2. The topological polar surface area (TPSA) is 6.48 Å². The molecule has 0 N–H and O–H groups in total. The Balaban J connectivity index is 1.53. The van der Waals surface area contributed by atoms with E-state index in [1.54, 1.807) is 0 Å². The van der Waals surface area contributed by atoms with Crippen LogP contribution in [0.4, 0.5) is 11.4 Å². The summed E-state index contributed by atoms with van der Waals surface area (Å²) in [5, 5.41) is 0. The highest BCUT2D eigenvalue weighted by atomic mass is 15.3. The van der Waals surface area contributed by atoms with Crippen LogP contribution in [0.3, 0.4) is 0 Å². The Morgan fingerprint density at radius 2 is 1.26 bits per heavy atom. The number of para-hydroxylation sites is 1. The van der Waals surface area contributed by atoms with E-state index in [4.69, 9.17) is 0 Å². The van der Waals surface area contributed by atoms with Crippen molar-refractivity contribution in [3.05, 3.63) is 60.2 Å². The van der Waals surface area contributed by atoms with Crippen molar-refractivity contribution in [1.82, 2.24) is 0 Å². The highest BCUT2D eigenvalue weighted by Gasteiger charge is 2.17. The second-order valence-electron chi connectivity index (χ2n) is 6.43. The largest absolute Gasteiger partial charge is 0.368 e. The monoisotopic (exact) mass is 308 g/mol. The van der Waals surface area contributed by atoms with Gasteiger partial charge in [0.1, 0.15) is 0 Å². The zero-order chi connectivity index (χ0) is 15.9. The molecule has 2 nitrogen and oxygen atoms in total. The van der Waals surface area contributed by atoms with Crippen LogP contribution < -0.4 is 9.80 Å². The molecule has 0 saturated carbocycles. The first-order chi connectivity index (χ1) is 11.4. The third-order valence-corrected chi connectivity index (χ3v) is 4.77. The van der Waals surface area contributed by atoms with Gasteiger partial charge in [-0.3, -0.25) is 0 Å². The maximum atomic E-state index is 2.51. The van der Waals surface area contributed by atoms with E-state index in [1.807, 2.05) is 0 Å². The summed E-state index contributed by atoms with van der Waals surface area (Å²) in [5.41, 5.74) is 4.19. The molecule has 2 aromatic rings. The van der Waals surface area contributed by atoms with Gasteiger partial charge in [-0.15, -0.1) is 0 Å². The minimum Gasteiger partial charge on any atom is -0.368 e. The van der Waals surface area contributed by atoms with Gasteiger partial charge in [0, 0.05) is 37.6 Å². The second kappa shape index (κ2) is 8.05. The SMILES string of the molecule is CCCCCc1ccc(N2CCN(c3ccccc3)CC2)cc1. The number of rotatable bonds is 6. The van der Waals surface area contributed by atoms with Crippen LogP contribution in [-0.2, 0) is 6.42 Å². The first kappa shape index (κ1) is 15.9. The average molecular weight is 308 g/mol. The molecule has 0 bridgehead atoms. The van der Waals surface area contributed by atoms with Crippen LogP contribution in [0.25, 0.3) is 0 Å². The number of nitrogens with zero attached hydrogens (tertiary/aromatic N) is 2. The van der Waals surface area contributed by atoms with Gasteiger partial charge in [0.25, 0.3) is 0 Å². The van der Waals surface area contributed by atoms with Gasteiger partial charge in [-0.1, -0.05) is 50.1 Å². The minimum absolute atomic E-state index is 1.10. The third kappa shape index (κ3) is 4.28. The number of piperazine rings is 1. The van der Waals surface area contributed by atoms with Crippen LogP contribution in [0.1, 0.15) is 31.7 Å². The van der Waals surface area contributed by atoms with E-state index in [1.165, 1.54) is 42.6 Å². The third-order valence-electron chi connectivity index (χ3n) is 4.77. The molecule has 1 aliphatic heterocycles. The van der Waals surface area contributed by atoms with Gasteiger partial charge in [0.2, 0.25) is 0 Å². The fraction of sp³-hybridized carbons (Fsp3) is 0.429. The number of hydrogen-bond donors (Lipinski definition) is 0. The maximum absolute atomic E-state index is 2.51. The lowest BCUT2D eigenvalue weighted by molar-refractivity contribution is 0.653. The predicted molar refractivity (Wildman–Crippen MR) is 101 cm³/mol. The van der Waals surface area contributed by atoms with E-state index in [-0.39, 0.29) is 0 Å². The highest BCUT2D eigenvalue weighted by Crippen LogP contribution is 2.21. The van der Waals surface area contributed by atoms with Crippen LogP contribution in [0.5, 0.6) is 0 Å². The highest BCUT2D eigenvalue weighted by molar-refractivity contribution is 5.52. The van der Waals surface area contributed by atoms with Gasteiger partial charge in [-0.05, 0) is 42.7 Å². The second-order valence-corrected chi connectivity index (χ2v) is 6.43. The Hall–Kier alpha value is -1.96. The molecule has 0 spiro atoms. The predicted octanol–water partition coefficient (Wildman–Crippen LogP) is 4.75. The quantitative estimate of drug-likeness (QED) is 0.711. The number of anilines is 2. The van der Waals surface area contributed by atoms with E-state index in [0.717, 1.165) is 26.2 Å². The van der Waals surface area contributed by atoms with Crippen LogP contribution in [0.2, 0.25) is 0 Å². The first-order valence-corrected chi connectivity index (χ1v) is 9.00. The van der Waals surface area contributed by atoms with Gasteiger partial charge in [0.15, 0.2) is 0 Å². The molecule has 1 saturated heterocycles. The maximum Gasteiger partial charge on any atom is 0.0367 e. The van der Waals surface area contributed by atoms with Crippen molar-refractivity contribution in [2.24, 2.45) is 0 Å². The molecule has 3 rings (SSSR count). The minimum atomic E-state index is 1.10. The molecule has 0 aromatic heterocycles. The molecule has 2 aromatic carbocycles. The summed E-state index contributed by atoms with van der Waals surface area (Å²) in [6, 6.07) is 20.0. The zero-order valence-electron chi connectivity index (χ0n) is 14.2. The van der Waals surface area contributed by atoms with Crippen LogP contribution in [-0.4, -0.2) is 26.2 Å². The fourth-order valence-corrected chi connectivity index (χ4v) is 3.31. The molecule has 1 heterocycles. The van der Waals surface area contributed by atoms with Crippen LogP contribution in [0.15, 0.2) is 54.6 Å². The van der Waals surface area contributed by atoms with E-state index in [2.05, 4.69) is 71.3 Å². The Bertz CT molecular complexity index is 569. The smallest absolute Gasteiger partial charge is 0.0367 e. The van der Waals surface area contributed by atoms with Gasteiger partial charge in [0.05, 0.1) is 0 Å². The molecule has 0 radical (unpaired) electrons. The summed E-state index contributed by atoms with van der Waals surface area (Å²) in [6.45, 7) is 6.66. The van der Waals surface area contributed by atoms with Crippen LogP contribution in [0, 0.1) is 0 Å². The number of unbranched alkanes of at least 4 members (excludes halogenated alkanes) is 2. The lowest BCUT2D eigenvalue weighted by Gasteiger charge is -2.37. The standard InChI is InChI=1S/C21H28N2/c1-2-3-5-8-19-11-13-21(14-12-19)23-17-15-22(16-18-23)20-9-6-4-7-10-20/h4,6-7,9-14H,2-3,5,8,15-18H2,1H3.